The Hall–Kier alpha value is -0.420. The van der Waals surface area contributed by atoms with Crippen LogP contribution >= 0.6 is 35.1 Å². The topological polar surface area (TPSA) is 38.9 Å². The van der Waals surface area contributed by atoms with E-state index in [1.807, 2.05) is 5.38 Å². The number of hydrogen-bond acceptors (Lipinski definition) is 4. The first-order valence-electron chi connectivity index (χ1n) is 3.57. The Morgan fingerprint density at radius 2 is 2.23 bits per heavy atom. The standard InChI is InChI=1S/C8H8N2S2.ClH/c9-3-7-5-12-8(10-7)6-1-2-11-4-6;/h1-2,4-5H,3,9H2;1H. The second-order valence-corrected chi connectivity index (χ2v) is 4.00. The predicted molar refractivity (Wildman–Crippen MR) is 60.6 cm³/mol. The number of halogens is 1. The van der Waals surface area contributed by atoms with E-state index in [-0.39, 0.29) is 12.4 Å². The van der Waals surface area contributed by atoms with Gasteiger partial charge in [-0.15, -0.1) is 23.7 Å². The lowest BCUT2D eigenvalue weighted by Crippen LogP contribution is -1.95. The zero-order chi connectivity index (χ0) is 8.39. The molecule has 0 saturated heterocycles. The lowest BCUT2D eigenvalue weighted by molar-refractivity contribution is 1.01. The van der Waals surface area contributed by atoms with Crippen LogP contribution in [0.3, 0.4) is 0 Å². The summed E-state index contributed by atoms with van der Waals surface area (Å²) < 4.78 is 0. The van der Waals surface area contributed by atoms with Crippen LogP contribution in [0.15, 0.2) is 22.2 Å². The van der Waals surface area contributed by atoms with Crippen LogP contribution < -0.4 is 5.73 Å². The molecule has 0 aliphatic carbocycles. The van der Waals surface area contributed by atoms with Crippen molar-refractivity contribution in [1.82, 2.24) is 4.98 Å². The predicted octanol–water partition coefficient (Wildman–Crippen LogP) is 2.75. The van der Waals surface area contributed by atoms with E-state index in [0.29, 0.717) is 6.54 Å². The van der Waals surface area contributed by atoms with Crippen molar-refractivity contribution in [3.63, 3.8) is 0 Å². The highest BCUT2D eigenvalue weighted by molar-refractivity contribution is 7.14. The van der Waals surface area contributed by atoms with E-state index in [1.165, 1.54) is 5.56 Å². The van der Waals surface area contributed by atoms with E-state index in [9.17, 15) is 0 Å². The van der Waals surface area contributed by atoms with Crippen LogP contribution in [0.1, 0.15) is 5.69 Å². The van der Waals surface area contributed by atoms with E-state index in [0.717, 1.165) is 10.7 Å². The molecule has 13 heavy (non-hydrogen) atoms. The first kappa shape index (κ1) is 10.7. The molecule has 0 saturated carbocycles. The van der Waals surface area contributed by atoms with Gasteiger partial charge in [0.15, 0.2) is 0 Å². The highest BCUT2D eigenvalue weighted by Gasteiger charge is 2.02. The summed E-state index contributed by atoms with van der Waals surface area (Å²) in [5.41, 5.74) is 7.64. The molecule has 2 aromatic heterocycles. The van der Waals surface area contributed by atoms with Gasteiger partial charge in [0.05, 0.1) is 5.69 Å². The average Bonchev–Trinajstić information content (AvgIpc) is 2.75. The minimum Gasteiger partial charge on any atom is -0.325 e. The number of thiazole rings is 1. The highest BCUT2D eigenvalue weighted by Crippen LogP contribution is 2.25. The van der Waals surface area contributed by atoms with Crippen molar-refractivity contribution in [2.75, 3.05) is 0 Å². The summed E-state index contributed by atoms with van der Waals surface area (Å²) in [6.45, 7) is 0.528. The Bertz CT molecular complexity index is 356. The average molecular weight is 233 g/mol. The molecule has 2 nitrogen and oxygen atoms in total. The van der Waals surface area contributed by atoms with Crippen LogP contribution in [0, 0.1) is 0 Å². The van der Waals surface area contributed by atoms with Gasteiger partial charge in [-0.25, -0.2) is 4.98 Å². The van der Waals surface area contributed by atoms with Gasteiger partial charge in [0.2, 0.25) is 0 Å². The zero-order valence-electron chi connectivity index (χ0n) is 6.77. The monoisotopic (exact) mass is 232 g/mol. The molecule has 0 radical (unpaired) electrons. The van der Waals surface area contributed by atoms with Gasteiger partial charge in [0.25, 0.3) is 0 Å². The maximum absolute atomic E-state index is 5.46. The maximum atomic E-state index is 5.46. The fourth-order valence-electron chi connectivity index (χ4n) is 0.919. The SMILES string of the molecule is Cl.NCc1csc(-c2ccsc2)n1. The number of thiophene rings is 1. The number of nitrogens with two attached hydrogens (primary N) is 1. The van der Waals surface area contributed by atoms with E-state index < -0.39 is 0 Å². The van der Waals surface area contributed by atoms with E-state index in [1.54, 1.807) is 22.7 Å². The van der Waals surface area contributed by atoms with E-state index in [4.69, 9.17) is 5.73 Å². The van der Waals surface area contributed by atoms with Gasteiger partial charge in [-0.2, -0.15) is 11.3 Å². The van der Waals surface area contributed by atoms with Crippen molar-refractivity contribution in [3.8, 4) is 10.6 Å². The summed E-state index contributed by atoms with van der Waals surface area (Å²) in [5, 5.41) is 7.22. The van der Waals surface area contributed by atoms with Gasteiger partial charge < -0.3 is 5.73 Å². The van der Waals surface area contributed by atoms with Crippen molar-refractivity contribution in [2.45, 2.75) is 6.54 Å². The largest absolute Gasteiger partial charge is 0.325 e. The maximum Gasteiger partial charge on any atom is 0.124 e. The zero-order valence-corrected chi connectivity index (χ0v) is 9.22. The molecule has 0 aromatic carbocycles. The molecule has 0 spiro atoms. The third-order valence-corrected chi connectivity index (χ3v) is 3.15. The molecule has 2 aromatic rings. The smallest absolute Gasteiger partial charge is 0.124 e. The molecule has 0 amide bonds. The molecule has 2 heterocycles. The van der Waals surface area contributed by atoms with Crippen LogP contribution in [-0.4, -0.2) is 4.98 Å². The van der Waals surface area contributed by atoms with E-state index >= 15 is 0 Å². The molecule has 0 fully saturated rings. The normalized spacial score (nSPS) is 9.62. The molecule has 0 aliphatic heterocycles. The molecule has 0 unspecified atom stereocenters. The van der Waals surface area contributed by atoms with Crippen LogP contribution in [-0.2, 0) is 6.54 Å². The van der Waals surface area contributed by atoms with Gasteiger partial charge in [0, 0.05) is 22.9 Å². The van der Waals surface area contributed by atoms with Crippen molar-refractivity contribution in [1.29, 1.82) is 0 Å². The van der Waals surface area contributed by atoms with Crippen molar-refractivity contribution in [2.24, 2.45) is 5.73 Å². The van der Waals surface area contributed by atoms with Crippen LogP contribution in [0.25, 0.3) is 10.6 Å². The fourth-order valence-corrected chi connectivity index (χ4v) is 2.46. The summed E-state index contributed by atoms with van der Waals surface area (Å²) >= 11 is 3.33. The number of hydrogen-bond donors (Lipinski definition) is 1. The first-order chi connectivity index (χ1) is 5.90. The summed E-state index contributed by atoms with van der Waals surface area (Å²) in [5.74, 6) is 0. The van der Waals surface area contributed by atoms with Gasteiger partial charge in [-0.3, -0.25) is 0 Å². The Balaban J connectivity index is 0.000000845. The molecule has 0 bridgehead atoms. The quantitative estimate of drug-likeness (QED) is 0.865. The lowest BCUT2D eigenvalue weighted by Gasteiger charge is -1.86. The minimum absolute atomic E-state index is 0. The van der Waals surface area contributed by atoms with Crippen molar-refractivity contribution in [3.05, 3.63) is 27.9 Å². The van der Waals surface area contributed by atoms with Gasteiger partial charge in [-0.1, -0.05) is 0 Å². The summed E-state index contributed by atoms with van der Waals surface area (Å²) in [7, 11) is 0. The molecule has 2 N–H and O–H groups in total. The van der Waals surface area contributed by atoms with Gasteiger partial charge in [0.1, 0.15) is 5.01 Å². The van der Waals surface area contributed by atoms with Gasteiger partial charge >= 0.3 is 0 Å². The molecule has 2 rings (SSSR count). The first-order valence-corrected chi connectivity index (χ1v) is 5.39. The van der Waals surface area contributed by atoms with Crippen molar-refractivity contribution >= 4 is 35.1 Å². The molecular weight excluding hydrogens is 224 g/mol. The number of aromatic nitrogens is 1. The minimum atomic E-state index is 0. The van der Waals surface area contributed by atoms with E-state index in [2.05, 4.69) is 21.8 Å². The second kappa shape index (κ2) is 4.72. The Morgan fingerprint density at radius 3 is 2.77 bits per heavy atom. The van der Waals surface area contributed by atoms with Crippen LogP contribution in [0.2, 0.25) is 0 Å². The second-order valence-electron chi connectivity index (χ2n) is 2.36. The molecule has 0 atom stereocenters. The molecular formula is C8H9ClN2S2. The summed E-state index contributed by atoms with van der Waals surface area (Å²) in [4.78, 5) is 4.37. The van der Waals surface area contributed by atoms with Gasteiger partial charge in [-0.05, 0) is 11.4 Å². The molecule has 0 aliphatic rings. The Labute approximate surface area is 90.8 Å². The Kier molecular flexibility index (Phi) is 3.87. The summed E-state index contributed by atoms with van der Waals surface area (Å²) in [6, 6.07) is 2.07. The molecule has 5 heteroatoms. The number of rotatable bonds is 2. The lowest BCUT2D eigenvalue weighted by atomic mass is 10.4. The third-order valence-electron chi connectivity index (χ3n) is 1.53. The molecule has 70 valence electrons. The summed E-state index contributed by atoms with van der Waals surface area (Å²) in [6.07, 6.45) is 0. The highest BCUT2D eigenvalue weighted by atomic mass is 35.5. The Morgan fingerprint density at radius 1 is 1.38 bits per heavy atom. The van der Waals surface area contributed by atoms with Crippen molar-refractivity contribution < 1.29 is 0 Å². The fraction of sp³-hybridized carbons (Fsp3) is 0.125. The number of nitrogens with zero attached hydrogens (tertiary/aromatic N) is 1. The van der Waals surface area contributed by atoms with Crippen LogP contribution in [0.4, 0.5) is 0 Å². The third kappa shape index (κ3) is 2.28. The van der Waals surface area contributed by atoms with Crippen LogP contribution in [0.5, 0.6) is 0 Å².